The summed E-state index contributed by atoms with van der Waals surface area (Å²) < 4.78 is 5.31. The van der Waals surface area contributed by atoms with Crippen molar-refractivity contribution in [1.29, 1.82) is 0 Å². The van der Waals surface area contributed by atoms with Crippen molar-refractivity contribution in [1.82, 2.24) is 9.88 Å². The second kappa shape index (κ2) is 8.14. The lowest BCUT2D eigenvalue weighted by Crippen LogP contribution is -2.32. The number of unbranched alkanes of at least 4 members (excludes halogenated alkanes) is 1. The highest BCUT2D eigenvalue weighted by Gasteiger charge is 2.09. The van der Waals surface area contributed by atoms with E-state index in [1.807, 2.05) is 0 Å². The number of ether oxygens (including phenoxy) is 1. The van der Waals surface area contributed by atoms with Crippen LogP contribution in [0, 0.1) is 0 Å². The number of aromatic nitrogens is 1. The normalized spacial score (nSPS) is 9.95. The Labute approximate surface area is 119 Å². The van der Waals surface area contributed by atoms with Gasteiger partial charge in [-0.05, 0) is 12.5 Å². The van der Waals surface area contributed by atoms with E-state index in [9.17, 15) is 9.59 Å². The van der Waals surface area contributed by atoms with Gasteiger partial charge in [-0.15, -0.1) is 0 Å². The molecule has 0 saturated carbocycles. The molecule has 0 aromatic carbocycles. The van der Waals surface area contributed by atoms with Gasteiger partial charge in [-0.25, -0.2) is 4.98 Å². The molecule has 0 radical (unpaired) electrons. The Morgan fingerprint density at radius 1 is 1.40 bits per heavy atom. The van der Waals surface area contributed by atoms with Crippen LogP contribution in [0.4, 0.5) is 5.69 Å². The van der Waals surface area contributed by atoms with E-state index >= 15 is 0 Å². The SMILES string of the molecule is CCCCN(C)C(=O)COc1ccc(NC(C)=O)cn1. The maximum Gasteiger partial charge on any atom is 0.260 e. The van der Waals surface area contributed by atoms with Gasteiger partial charge in [-0.3, -0.25) is 9.59 Å². The first kappa shape index (κ1) is 15.9. The smallest absolute Gasteiger partial charge is 0.260 e. The number of nitrogens with one attached hydrogen (secondary N) is 1. The Balaban J connectivity index is 2.41. The molecule has 1 heterocycles. The monoisotopic (exact) mass is 279 g/mol. The number of anilines is 1. The number of amides is 2. The highest BCUT2D eigenvalue weighted by Crippen LogP contribution is 2.11. The van der Waals surface area contributed by atoms with Crippen molar-refractivity contribution in [3.8, 4) is 5.88 Å². The third-order valence-corrected chi connectivity index (χ3v) is 2.67. The molecule has 0 aliphatic rings. The highest BCUT2D eigenvalue weighted by molar-refractivity contribution is 5.88. The van der Waals surface area contributed by atoms with Crippen LogP contribution in [0.15, 0.2) is 18.3 Å². The van der Waals surface area contributed by atoms with Gasteiger partial charge in [0.05, 0.1) is 11.9 Å². The molecule has 0 saturated heterocycles. The average molecular weight is 279 g/mol. The molecule has 2 amide bonds. The number of carbonyl (C=O) groups is 2. The first-order chi connectivity index (χ1) is 9.52. The quantitative estimate of drug-likeness (QED) is 0.824. The Morgan fingerprint density at radius 3 is 2.70 bits per heavy atom. The number of pyridine rings is 1. The zero-order valence-corrected chi connectivity index (χ0v) is 12.2. The number of rotatable bonds is 7. The molecule has 6 nitrogen and oxygen atoms in total. The van der Waals surface area contributed by atoms with Gasteiger partial charge in [0.1, 0.15) is 0 Å². The van der Waals surface area contributed by atoms with Gasteiger partial charge in [0.15, 0.2) is 6.61 Å². The highest BCUT2D eigenvalue weighted by atomic mass is 16.5. The largest absolute Gasteiger partial charge is 0.468 e. The summed E-state index contributed by atoms with van der Waals surface area (Å²) in [5, 5.41) is 2.61. The molecule has 6 heteroatoms. The lowest BCUT2D eigenvalue weighted by atomic mass is 10.3. The number of hydrogen-bond acceptors (Lipinski definition) is 4. The molecular formula is C14H21N3O3. The van der Waals surface area contributed by atoms with Crippen LogP contribution in [0.5, 0.6) is 5.88 Å². The molecule has 1 aromatic rings. The van der Waals surface area contributed by atoms with Crippen LogP contribution >= 0.6 is 0 Å². The van der Waals surface area contributed by atoms with Crippen LogP contribution in [0.3, 0.4) is 0 Å². The Bertz CT molecular complexity index is 445. The van der Waals surface area contributed by atoms with Gasteiger partial charge >= 0.3 is 0 Å². The van der Waals surface area contributed by atoms with Crippen molar-refractivity contribution in [3.63, 3.8) is 0 Å². The van der Waals surface area contributed by atoms with E-state index in [-0.39, 0.29) is 18.4 Å². The molecule has 0 fully saturated rings. The topological polar surface area (TPSA) is 71.5 Å². The minimum Gasteiger partial charge on any atom is -0.468 e. The molecule has 20 heavy (non-hydrogen) atoms. The van der Waals surface area contributed by atoms with Gasteiger partial charge in [-0.2, -0.15) is 0 Å². The first-order valence-corrected chi connectivity index (χ1v) is 6.63. The van der Waals surface area contributed by atoms with E-state index in [0.29, 0.717) is 11.6 Å². The number of carbonyl (C=O) groups excluding carboxylic acids is 2. The number of likely N-dealkylation sites (N-methyl/N-ethyl adjacent to an activating group) is 1. The van der Waals surface area contributed by atoms with E-state index in [4.69, 9.17) is 4.74 Å². The van der Waals surface area contributed by atoms with Crippen LogP contribution in [0.2, 0.25) is 0 Å². The summed E-state index contributed by atoms with van der Waals surface area (Å²) in [6, 6.07) is 3.29. The van der Waals surface area contributed by atoms with Gasteiger partial charge in [0.25, 0.3) is 5.91 Å². The summed E-state index contributed by atoms with van der Waals surface area (Å²) in [5.41, 5.74) is 0.594. The molecule has 1 rings (SSSR count). The molecule has 0 aliphatic heterocycles. The molecule has 1 aromatic heterocycles. The Hall–Kier alpha value is -2.11. The third-order valence-electron chi connectivity index (χ3n) is 2.67. The third kappa shape index (κ3) is 5.69. The molecule has 0 aliphatic carbocycles. The summed E-state index contributed by atoms with van der Waals surface area (Å²) in [6.07, 6.45) is 3.51. The molecule has 110 valence electrons. The van der Waals surface area contributed by atoms with Crippen LogP contribution in [-0.2, 0) is 9.59 Å². The first-order valence-electron chi connectivity index (χ1n) is 6.63. The van der Waals surface area contributed by atoms with Crippen molar-refractivity contribution >= 4 is 17.5 Å². The zero-order valence-electron chi connectivity index (χ0n) is 12.2. The lowest BCUT2D eigenvalue weighted by molar-refractivity contribution is -0.132. The van der Waals surface area contributed by atoms with E-state index in [1.165, 1.54) is 13.1 Å². The lowest BCUT2D eigenvalue weighted by Gasteiger charge is -2.16. The predicted octanol–water partition coefficient (Wildman–Crippen LogP) is 1.68. The van der Waals surface area contributed by atoms with E-state index < -0.39 is 0 Å². The second-order valence-corrected chi connectivity index (χ2v) is 4.52. The minimum atomic E-state index is -0.159. The summed E-state index contributed by atoms with van der Waals surface area (Å²) in [5.74, 6) is 0.121. The number of nitrogens with zero attached hydrogens (tertiary/aromatic N) is 2. The summed E-state index contributed by atoms with van der Waals surface area (Å²) >= 11 is 0. The molecular weight excluding hydrogens is 258 g/mol. The van der Waals surface area contributed by atoms with Crippen molar-refractivity contribution in [2.75, 3.05) is 25.5 Å². The van der Waals surface area contributed by atoms with Crippen LogP contribution in [0.25, 0.3) is 0 Å². The Morgan fingerprint density at radius 2 is 2.15 bits per heavy atom. The number of hydrogen-bond donors (Lipinski definition) is 1. The van der Waals surface area contributed by atoms with E-state index in [0.717, 1.165) is 19.4 Å². The Kier molecular flexibility index (Phi) is 6.49. The molecule has 0 unspecified atom stereocenters. The maximum absolute atomic E-state index is 11.8. The van der Waals surface area contributed by atoms with E-state index in [1.54, 1.807) is 24.1 Å². The fourth-order valence-electron chi connectivity index (χ4n) is 1.51. The molecule has 1 N–H and O–H groups in total. The van der Waals surface area contributed by atoms with Crippen LogP contribution in [-0.4, -0.2) is 41.9 Å². The summed E-state index contributed by atoms with van der Waals surface area (Å²) in [6.45, 7) is 4.20. The van der Waals surface area contributed by atoms with Gasteiger partial charge in [0.2, 0.25) is 11.8 Å². The summed E-state index contributed by atoms with van der Waals surface area (Å²) in [4.78, 5) is 28.3. The molecule has 0 spiro atoms. The van der Waals surface area contributed by atoms with Gasteiger partial charge < -0.3 is 15.0 Å². The van der Waals surface area contributed by atoms with Crippen molar-refractivity contribution in [3.05, 3.63) is 18.3 Å². The standard InChI is InChI=1S/C14H21N3O3/c1-4-5-8-17(3)14(19)10-20-13-7-6-12(9-15-13)16-11(2)18/h6-7,9H,4-5,8,10H2,1-3H3,(H,16,18). The van der Waals surface area contributed by atoms with Crippen molar-refractivity contribution < 1.29 is 14.3 Å². The van der Waals surface area contributed by atoms with Crippen molar-refractivity contribution in [2.24, 2.45) is 0 Å². The fourth-order valence-corrected chi connectivity index (χ4v) is 1.51. The molecule has 0 atom stereocenters. The fraction of sp³-hybridized carbons (Fsp3) is 0.500. The van der Waals surface area contributed by atoms with E-state index in [2.05, 4.69) is 17.2 Å². The van der Waals surface area contributed by atoms with Crippen LogP contribution < -0.4 is 10.1 Å². The van der Waals surface area contributed by atoms with Crippen LogP contribution in [0.1, 0.15) is 26.7 Å². The average Bonchev–Trinajstić information content (AvgIpc) is 2.43. The minimum absolute atomic E-state index is 0.0350. The summed E-state index contributed by atoms with van der Waals surface area (Å²) in [7, 11) is 1.76. The maximum atomic E-state index is 11.8. The van der Waals surface area contributed by atoms with Gasteiger partial charge in [0, 0.05) is 26.6 Å². The second-order valence-electron chi connectivity index (χ2n) is 4.52. The van der Waals surface area contributed by atoms with Gasteiger partial charge in [-0.1, -0.05) is 13.3 Å². The predicted molar refractivity (Wildman–Crippen MR) is 76.6 cm³/mol. The zero-order chi connectivity index (χ0) is 15.0. The van der Waals surface area contributed by atoms with Crippen molar-refractivity contribution in [2.45, 2.75) is 26.7 Å². The molecule has 0 bridgehead atoms.